The van der Waals surface area contributed by atoms with Crippen molar-refractivity contribution >= 4 is 22.0 Å². The molecule has 0 atom stereocenters. The molecular weight excluding hydrogens is 159 g/mol. The first kappa shape index (κ1) is 9.94. The van der Waals surface area contributed by atoms with E-state index in [1.165, 1.54) is 20.6 Å². The normalized spacial score (nSPS) is 5.50. The zero-order chi connectivity index (χ0) is 4.12. The van der Waals surface area contributed by atoms with Crippen molar-refractivity contribution in [2.45, 2.75) is 13.2 Å². The van der Waals surface area contributed by atoms with Gasteiger partial charge >= 0.3 is 0 Å². The third kappa shape index (κ3) is 8.84. The molecule has 0 aliphatic rings. The Morgan fingerprint density at radius 3 is 2.17 bits per heavy atom. The molecule has 0 aliphatic heterocycles. The maximum atomic E-state index is 2.21. The van der Waals surface area contributed by atoms with Crippen LogP contribution in [-0.4, -0.2) is 22.0 Å². The molecule has 0 fully saturated rings. The zero-order valence-electron chi connectivity index (χ0n) is 4.45. The van der Waals surface area contributed by atoms with E-state index in [2.05, 4.69) is 14.7 Å². The van der Waals surface area contributed by atoms with E-state index in [0.717, 1.165) is 0 Å². The summed E-state index contributed by atoms with van der Waals surface area (Å²) in [5.41, 5.74) is 0. The minimum Gasteiger partial charge on any atom is -0.0881 e. The summed E-state index contributed by atoms with van der Waals surface area (Å²) in [5, 5.41) is 0. The summed E-state index contributed by atoms with van der Waals surface area (Å²) in [6, 6.07) is 0. The van der Waals surface area contributed by atoms with Crippen molar-refractivity contribution in [3.63, 3.8) is 0 Å². The van der Waals surface area contributed by atoms with E-state index < -0.39 is 0 Å². The molecule has 0 aromatic rings. The minimum atomic E-state index is 0. The molecule has 0 rings (SSSR count). The fraction of sp³-hybridized carbons (Fsp3) is 1.00. The van der Waals surface area contributed by atoms with Crippen LogP contribution in [0.3, 0.4) is 0 Å². The topological polar surface area (TPSA) is 0 Å². The van der Waals surface area contributed by atoms with Gasteiger partial charge in [0.1, 0.15) is 0 Å². The molecule has 4 heteroatoms. The van der Waals surface area contributed by atoms with Crippen LogP contribution in [-0.2, 0) is 19.5 Å². The fourth-order valence-corrected chi connectivity index (χ4v) is 0.354. The van der Waals surface area contributed by atoms with Crippen LogP contribution in [0.1, 0.15) is 6.92 Å². The molecule has 0 aromatic carbocycles. The van der Waals surface area contributed by atoms with E-state index in [-0.39, 0.29) is 19.5 Å². The molecule has 0 bridgehead atoms. The van der Waals surface area contributed by atoms with Gasteiger partial charge < -0.3 is 0 Å². The second-order valence-corrected chi connectivity index (χ2v) is 1.35. The second-order valence-electron chi connectivity index (χ2n) is 1.35. The molecule has 0 aromatic heterocycles. The maximum absolute atomic E-state index is 2.21. The Labute approximate surface area is 55.1 Å². The average molecular weight is 168 g/mol. The molecule has 0 nitrogen and oxygen atoms in total. The van der Waals surface area contributed by atoms with Gasteiger partial charge in [-0.1, -0.05) is 13.2 Å². The van der Waals surface area contributed by atoms with E-state index in [1.54, 1.807) is 0 Å². The van der Waals surface area contributed by atoms with E-state index >= 15 is 0 Å². The first-order valence-corrected chi connectivity index (χ1v) is 2.41. The molecular formula is C2H9B3Rh. The van der Waals surface area contributed by atoms with Crippen molar-refractivity contribution in [1.29, 1.82) is 0 Å². The summed E-state index contributed by atoms with van der Waals surface area (Å²) < 4.78 is 0. The van der Waals surface area contributed by atoms with Gasteiger partial charge in [0.2, 0.25) is 0 Å². The predicted molar refractivity (Wildman–Crippen MR) is 33.3 cm³/mol. The number of hydrogen-bond acceptors (Lipinski definition) is 0. The van der Waals surface area contributed by atoms with Crippen LogP contribution < -0.4 is 0 Å². The van der Waals surface area contributed by atoms with Gasteiger partial charge in [0.15, 0.2) is 0 Å². The average Bonchev–Trinajstić information content (AvgIpc) is 1.41. The summed E-state index contributed by atoms with van der Waals surface area (Å²) in [6.45, 7) is 2.21. The largest absolute Gasteiger partial charge is 0.0881 e. The Kier molecular flexibility index (Phi) is 15.4. The molecule has 0 amide bonds. The summed E-state index contributed by atoms with van der Waals surface area (Å²) in [6.07, 6.45) is 1.34. The number of rotatable bonds is 2. The molecule has 6 heavy (non-hydrogen) atoms. The minimum absolute atomic E-state index is 0. The smallest absolute Gasteiger partial charge is 0.0776 e. The van der Waals surface area contributed by atoms with Crippen LogP contribution in [0.25, 0.3) is 0 Å². The van der Waals surface area contributed by atoms with Crippen molar-refractivity contribution < 1.29 is 19.5 Å². The van der Waals surface area contributed by atoms with Crippen LogP contribution in [0.5, 0.6) is 0 Å². The SMILES string of the molecule is BBBCC.[Rh]. The first-order valence-electron chi connectivity index (χ1n) is 2.41. The maximum Gasteiger partial charge on any atom is 0.0776 e. The fourth-order valence-electron chi connectivity index (χ4n) is 0.354. The van der Waals surface area contributed by atoms with Gasteiger partial charge in [-0.3, -0.25) is 0 Å². The molecule has 1 radical (unpaired) electrons. The molecule has 0 unspecified atom stereocenters. The molecule has 0 N–H and O–H groups in total. The Balaban J connectivity index is 0. The zero-order valence-corrected chi connectivity index (χ0v) is 6.09. The molecule has 0 aliphatic carbocycles. The van der Waals surface area contributed by atoms with E-state index in [4.69, 9.17) is 0 Å². The van der Waals surface area contributed by atoms with E-state index in [0.29, 0.717) is 0 Å². The van der Waals surface area contributed by atoms with Crippen molar-refractivity contribution in [3.05, 3.63) is 0 Å². The van der Waals surface area contributed by atoms with Crippen LogP contribution >= 0.6 is 0 Å². The molecule has 0 spiro atoms. The van der Waals surface area contributed by atoms with Gasteiger partial charge in [0.25, 0.3) is 0 Å². The van der Waals surface area contributed by atoms with Crippen molar-refractivity contribution in [3.8, 4) is 0 Å². The predicted octanol–water partition coefficient (Wildman–Crippen LogP) is -1.24. The molecule has 0 saturated heterocycles. The Hall–Kier alpha value is 0.818. The Morgan fingerprint density at radius 1 is 1.67 bits per heavy atom. The molecule has 35 valence electrons. The van der Waals surface area contributed by atoms with Gasteiger partial charge in [-0.25, -0.2) is 0 Å². The summed E-state index contributed by atoms with van der Waals surface area (Å²) in [4.78, 5) is 0. The third-order valence-corrected chi connectivity index (χ3v) is 0.707. The third-order valence-electron chi connectivity index (χ3n) is 0.707. The second kappa shape index (κ2) is 9.26. The van der Waals surface area contributed by atoms with Gasteiger partial charge in [-0.15, -0.1) is 0 Å². The van der Waals surface area contributed by atoms with E-state index in [1.807, 2.05) is 0 Å². The van der Waals surface area contributed by atoms with Crippen LogP contribution in [0.2, 0.25) is 6.32 Å². The van der Waals surface area contributed by atoms with Gasteiger partial charge in [0.05, 0.1) is 22.0 Å². The van der Waals surface area contributed by atoms with Crippen LogP contribution in [0, 0.1) is 0 Å². The summed E-state index contributed by atoms with van der Waals surface area (Å²) in [7, 11) is 4.94. The Morgan fingerprint density at radius 2 is 2.17 bits per heavy atom. The molecule has 0 saturated carbocycles. The van der Waals surface area contributed by atoms with Gasteiger partial charge in [-0.05, 0) is 0 Å². The quantitative estimate of drug-likeness (QED) is 0.453. The van der Waals surface area contributed by atoms with Crippen molar-refractivity contribution in [2.24, 2.45) is 0 Å². The van der Waals surface area contributed by atoms with Crippen LogP contribution in [0.4, 0.5) is 0 Å². The van der Waals surface area contributed by atoms with Crippen molar-refractivity contribution in [2.75, 3.05) is 0 Å². The van der Waals surface area contributed by atoms with E-state index in [9.17, 15) is 0 Å². The Bertz CT molecular complexity index is 16.3. The van der Waals surface area contributed by atoms with Gasteiger partial charge in [0, 0.05) is 19.5 Å². The monoisotopic (exact) mass is 169 g/mol. The summed E-state index contributed by atoms with van der Waals surface area (Å²) in [5.74, 6) is 0. The standard InChI is InChI=1S/C2H9B3.Rh/c1-2-4-5-3;/h4-5H,2-3H2,1H3;. The van der Waals surface area contributed by atoms with Gasteiger partial charge in [-0.2, -0.15) is 0 Å². The van der Waals surface area contributed by atoms with Crippen LogP contribution in [0.15, 0.2) is 0 Å². The van der Waals surface area contributed by atoms with Crippen molar-refractivity contribution in [1.82, 2.24) is 0 Å². The number of hydrogen-bond donors (Lipinski definition) is 0. The first-order chi connectivity index (χ1) is 2.41. The summed E-state index contributed by atoms with van der Waals surface area (Å²) >= 11 is 0. The molecule has 0 heterocycles.